The van der Waals surface area contributed by atoms with Gasteiger partial charge in [-0.05, 0) is 18.2 Å². The lowest BCUT2D eigenvalue weighted by Crippen LogP contribution is -1.96. The van der Waals surface area contributed by atoms with Crippen LogP contribution in [-0.2, 0) is 0 Å². The molecule has 0 fully saturated rings. The van der Waals surface area contributed by atoms with Crippen LogP contribution in [0.1, 0.15) is 10.4 Å². The van der Waals surface area contributed by atoms with Crippen molar-refractivity contribution in [2.45, 2.75) is 0 Å². The Morgan fingerprint density at radius 1 is 0.810 bits per heavy atom. The quantitative estimate of drug-likeness (QED) is 0.346. The molecule has 3 aromatic carbocycles. The first kappa shape index (κ1) is 12.9. The number of aromatic carboxylic acids is 1. The minimum atomic E-state index is -1.28. The largest absolute Gasteiger partial charge is 0.507 e. The summed E-state index contributed by atoms with van der Waals surface area (Å²) in [6.07, 6.45) is 0. The maximum atomic E-state index is 11.0. The number of hydrogen-bond acceptors (Lipinski definition) is 5. The number of benzene rings is 3. The number of phenols is 4. The van der Waals surface area contributed by atoms with Gasteiger partial charge in [-0.25, -0.2) is 4.79 Å². The number of carbonyl (C=O) groups is 1. The highest BCUT2D eigenvalue weighted by atomic mass is 16.4. The molecule has 0 radical (unpaired) electrons. The summed E-state index contributed by atoms with van der Waals surface area (Å²) in [5.41, 5.74) is -0.228. The second-order valence-corrected chi connectivity index (χ2v) is 4.62. The molecule has 21 heavy (non-hydrogen) atoms. The molecule has 0 heterocycles. The highest BCUT2D eigenvalue weighted by Gasteiger charge is 2.20. The van der Waals surface area contributed by atoms with Crippen LogP contribution in [0.5, 0.6) is 23.0 Å². The molecule has 0 saturated carbocycles. The van der Waals surface area contributed by atoms with Crippen molar-refractivity contribution in [1.82, 2.24) is 0 Å². The van der Waals surface area contributed by atoms with Crippen molar-refractivity contribution in [3.05, 3.63) is 35.9 Å². The van der Waals surface area contributed by atoms with Crippen molar-refractivity contribution in [2.24, 2.45) is 0 Å². The Morgan fingerprint density at radius 2 is 1.48 bits per heavy atom. The van der Waals surface area contributed by atoms with E-state index in [2.05, 4.69) is 0 Å². The molecule has 3 rings (SSSR count). The van der Waals surface area contributed by atoms with Crippen LogP contribution >= 0.6 is 0 Å². The van der Waals surface area contributed by atoms with E-state index < -0.39 is 17.5 Å². The molecule has 0 saturated heterocycles. The van der Waals surface area contributed by atoms with Crippen LogP contribution in [0.4, 0.5) is 0 Å². The summed E-state index contributed by atoms with van der Waals surface area (Å²) in [5, 5.41) is 49.3. The number of rotatable bonds is 1. The van der Waals surface area contributed by atoms with Gasteiger partial charge in [0, 0.05) is 10.8 Å². The molecule has 0 aliphatic heterocycles. The van der Waals surface area contributed by atoms with Crippen molar-refractivity contribution < 1.29 is 30.3 Å². The summed E-state index contributed by atoms with van der Waals surface area (Å²) < 4.78 is 0. The average molecular weight is 286 g/mol. The normalized spacial score (nSPS) is 11.0. The molecule has 3 aromatic rings. The molecule has 106 valence electrons. The second kappa shape index (κ2) is 4.17. The number of phenolic OH excluding ortho intramolecular Hbond substituents is 4. The molecule has 0 spiro atoms. The topological polar surface area (TPSA) is 118 Å². The van der Waals surface area contributed by atoms with Gasteiger partial charge in [0.2, 0.25) is 0 Å². The van der Waals surface area contributed by atoms with E-state index in [0.29, 0.717) is 0 Å². The predicted octanol–water partition coefficient (Wildman–Crippen LogP) is 2.51. The minimum absolute atomic E-state index is 0.0111. The highest BCUT2D eigenvalue weighted by molar-refractivity contribution is 6.15. The lowest BCUT2D eigenvalue weighted by atomic mass is 9.97. The van der Waals surface area contributed by atoms with E-state index in [1.807, 2.05) is 0 Å². The zero-order chi connectivity index (χ0) is 15.3. The lowest BCUT2D eigenvalue weighted by molar-refractivity contribution is 0.0696. The number of carboxylic acids is 1. The van der Waals surface area contributed by atoms with Crippen molar-refractivity contribution in [2.75, 3.05) is 0 Å². The second-order valence-electron chi connectivity index (χ2n) is 4.62. The van der Waals surface area contributed by atoms with E-state index in [1.165, 1.54) is 18.2 Å². The number of aromatic hydroxyl groups is 4. The van der Waals surface area contributed by atoms with Crippen LogP contribution in [0.15, 0.2) is 30.3 Å². The zero-order valence-corrected chi connectivity index (χ0v) is 10.5. The third-order valence-electron chi connectivity index (χ3n) is 3.39. The molecule has 0 aliphatic carbocycles. The first-order valence-corrected chi connectivity index (χ1v) is 5.97. The molecule has 0 aliphatic rings. The van der Waals surface area contributed by atoms with E-state index in [-0.39, 0.29) is 38.6 Å². The molecular weight excluding hydrogens is 276 g/mol. The number of hydrogen-bond donors (Lipinski definition) is 5. The molecule has 0 aromatic heterocycles. The fourth-order valence-electron chi connectivity index (χ4n) is 2.44. The molecule has 0 atom stereocenters. The van der Waals surface area contributed by atoms with Gasteiger partial charge in [-0.3, -0.25) is 0 Å². The fourth-order valence-corrected chi connectivity index (χ4v) is 2.44. The summed E-state index contributed by atoms with van der Waals surface area (Å²) in [6.45, 7) is 0. The molecule has 5 N–H and O–H groups in total. The van der Waals surface area contributed by atoms with Gasteiger partial charge in [-0.1, -0.05) is 12.1 Å². The van der Waals surface area contributed by atoms with Gasteiger partial charge < -0.3 is 25.5 Å². The van der Waals surface area contributed by atoms with Gasteiger partial charge in [0.05, 0.1) is 16.3 Å². The van der Waals surface area contributed by atoms with Crippen LogP contribution in [0.25, 0.3) is 21.5 Å². The van der Waals surface area contributed by atoms with Gasteiger partial charge in [0.25, 0.3) is 0 Å². The minimum Gasteiger partial charge on any atom is -0.507 e. The Bertz CT molecular complexity index is 913. The Hall–Kier alpha value is -3.15. The van der Waals surface area contributed by atoms with Crippen LogP contribution in [-0.4, -0.2) is 31.5 Å². The molecule has 6 nitrogen and oxygen atoms in total. The van der Waals surface area contributed by atoms with Gasteiger partial charge in [-0.2, -0.15) is 0 Å². The van der Waals surface area contributed by atoms with Crippen LogP contribution in [0.3, 0.4) is 0 Å². The van der Waals surface area contributed by atoms with E-state index >= 15 is 0 Å². The van der Waals surface area contributed by atoms with Crippen molar-refractivity contribution in [1.29, 1.82) is 0 Å². The summed E-state index contributed by atoms with van der Waals surface area (Å²) in [5.74, 6) is -2.79. The number of fused-ring (bicyclic) bond motifs is 2. The van der Waals surface area contributed by atoms with E-state index in [1.54, 1.807) is 0 Å². The van der Waals surface area contributed by atoms with Gasteiger partial charge in [-0.15, -0.1) is 0 Å². The maximum Gasteiger partial charge on any atom is 0.335 e. The first-order valence-electron chi connectivity index (χ1n) is 5.97. The Morgan fingerprint density at radius 3 is 2.14 bits per heavy atom. The van der Waals surface area contributed by atoms with Crippen molar-refractivity contribution in [3.63, 3.8) is 0 Å². The first-order chi connectivity index (χ1) is 9.91. The van der Waals surface area contributed by atoms with Crippen molar-refractivity contribution >= 4 is 27.5 Å². The molecule has 0 unspecified atom stereocenters. The highest BCUT2D eigenvalue weighted by Crippen LogP contribution is 2.47. The molecule has 6 heteroatoms. The summed E-state index contributed by atoms with van der Waals surface area (Å²) in [7, 11) is 0. The smallest absolute Gasteiger partial charge is 0.335 e. The van der Waals surface area contributed by atoms with E-state index in [9.17, 15) is 25.2 Å². The number of carboxylic acid groups (broad SMARTS) is 1. The zero-order valence-electron chi connectivity index (χ0n) is 10.5. The Kier molecular flexibility index (Phi) is 2.56. The standard InChI is InChI=1S/C15H10O6/c16-9-3-1-2-7-11(9)14(19)12-8(13(7)18)4-6(15(20)21)5-10(12)17/h1-5,16-19H,(H,20,21). The van der Waals surface area contributed by atoms with Gasteiger partial charge >= 0.3 is 5.97 Å². The summed E-state index contributed by atoms with van der Waals surface area (Å²) >= 11 is 0. The van der Waals surface area contributed by atoms with E-state index in [0.717, 1.165) is 12.1 Å². The van der Waals surface area contributed by atoms with Gasteiger partial charge in [0.15, 0.2) is 0 Å². The molecule has 0 amide bonds. The van der Waals surface area contributed by atoms with E-state index in [4.69, 9.17) is 5.11 Å². The lowest BCUT2D eigenvalue weighted by Gasteiger charge is -2.12. The predicted molar refractivity (Wildman–Crippen MR) is 75.1 cm³/mol. The van der Waals surface area contributed by atoms with Gasteiger partial charge in [0.1, 0.15) is 23.0 Å². The average Bonchev–Trinajstić information content (AvgIpc) is 2.43. The molecular formula is C15H10O6. The summed E-state index contributed by atoms with van der Waals surface area (Å²) in [4.78, 5) is 11.0. The monoisotopic (exact) mass is 286 g/mol. The van der Waals surface area contributed by atoms with Crippen LogP contribution in [0, 0.1) is 0 Å². The SMILES string of the molecule is O=C(O)c1cc(O)c2c(O)c3c(O)cccc3c(O)c2c1. The third kappa shape index (κ3) is 1.69. The Labute approximate surface area is 117 Å². The van der Waals surface area contributed by atoms with Crippen LogP contribution in [0.2, 0.25) is 0 Å². The Balaban J connectivity index is 2.62. The van der Waals surface area contributed by atoms with Crippen molar-refractivity contribution in [3.8, 4) is 23.0 Å². The third-order valence-corrected chi connectivity index (χ3v) is 3.39. The maximum absolute atomic E-state index is 11.0. The summed E-state index contributed by atoms with van der Waals surface area (Å²) in [6, 6.07) is 6.39. The van der Waals surface area contributed by atoms with Crippen LogP contribution < -0.4 is 0 Å². The fraction of sp³-hybridized carbons (Fsp3) is 0. The molecule has 0 bridgehead atoms.